The van der Waals surface area contributed by atoms with Crippen molar-refractivity contribution in [3.63, 3.8) is 0 Å². The number of carboxylic acids is 1. The van der Waals surface area contributed by atoms with E-state index in [0.29, 0.717) is 23.5 Å². The highest BCUT2D eigenvalue weighted by Crippen LogP contribution is 2.33. The lowest BCUT2D eigenvalue weighted by molar-refractivity contribution is -0.136. The molecule has 0 aliphatic heterocycles. The molecule has 0 radical (unpaired) electrons. The van der Waals surface area contributed by atoms with E-state index >= 15 is 0 Å². The Morgan fingerprint density at radius 3 is 2.47 bits per heavy atom. The Morgan fingerprint density at radius 2 is 2.00 bits per heavy atom. The summed E-state index contributed by atoms with van der Waals surface area (Å²) in [4.78, 5) is 10.5. The number of aliphatic hydroxyl groups excluding tert-OH is 1. The zero-order valence-corrected chi connectivity index (χ0v) is 9.90. The molecule has 0 amide bonds. The van der Waals surface area contributed by atoms with E-state index in [-0.39, 0.29) is 13.0 Å². The van der Waals surface area contributed by atoms with Crippen molar-refractivity contribution in [2.75, 3.05) is 14.2 Å². The highest BCUT2D eigenvalue weighted by Gasteiger charge is 2.12. The van der Waals surface area contributed by atoms with Crippen molar-refractivity contribution in [3.8, 4) is 11.5 Å². The number of hydrogen-bond acceptors (Lipinski definition) is 4. The fraction of sp³-hybridized carbons (Fsp3) is 0.417. The van der Waals surface area contributed by atoms with Crippen molar-refractivity contribution in [2.24, 2.45) is 0 Å². The van der Waals surface area contributed by atoms with Gasteiger partial charge in [0.05, 0.1) is 20.8 Å². The maximum atomic E-state index is 10.5. The molecule has 1 aromatic rings. The molecule has 0 saturated carbocycles. The van der Waals surface area contributed by atoms with Gasteiger partial charge >= 0.3 is 5.97 Å². The normalized spacial score (nSPS) is 10.1. The van der Waals surface area contributed by atoms with Gasteiger partial charge in [0, 0.05) is 12.0 Å². The molecule has 1 aromatic carbocycles. The van der Waals surface area contributed by atoms with Gasteiger partial charge in [0.25, 0.3) is 0 Å². The Morgan fingerprint density at radius 1 is 1.29 bits per heavy atom. The minimum absolute atomic E-state index is 0.0420. The van der Waals surface area contributed by atoms with E-state index < -0.39 is 5.97 Å². The van der Waals surface area contributed by atoms with Crippen LogP contribution >= 0.6 is 0 Å². The van der Waals surface area contributed by atoms with Gasteiger partial charge in [0.1, 0.15) is 0 Å². The predicted molar refractivity (Wildman–Crippen MR) is 61.4 cm³/mol. The van der Waals surface area contributed by atoms with Crippen LogP contribution in [0.1, 0.15) is 17.5 Å². The van der Waals surface area contributed by atoms with E-state index in [1.165, 1.54) is 14.2 Å². The molecule has 5 heteroatoms. The number of carbonyl (C=O) groups is 1. The van der Waals surface area contributed by atoms with Gasteiger partial charge in [-0.1, -0.05) is 0 Å². The number of hydrogen-bond donors (Lipinski definition) is 2. The molecule has 0 bridgehead atoms. The Balaban J connectivity index is 3.04. The average molecular weight is 240 g/mol. The molecule has 0 atom stereocenters. The van der Waals surface area contributed by atoms with Crippen LogP contribution in [0.25, 0.3) is 0 Å². The molecule has 0 saturated heterocycles. The van der Waals surface area contributed by atoms with Crippen LogP contribution < -0.4 is 9.47 Å². The molecule has 0 spiro atoms. The summed E-state index contributed by atoms with van der Waals surface area (Å²) in [7, 11) is 2.99. The molecule has 0 fully saturated rings. The van der Waals surface area contributed by atoms with Crippen molar-refractivity contribution in [2.45, 2.75) is 19.4 Å². The smallest absolute Gasteiger partial charge is 0.303 e. The van der Waals surface area contributed by atoms with Crippen molar-refractivity contribution in [3.05, 3.63) is 23.3 Å². The van der Waals surface area contributed by atoms with Crippen LogP contribution in [-0.4, -0.2) is 30.4 Å². The third-order valence-electron chi connectivity index (χ3n) is 2.41. The third-order valence-corrected chi connectivity index (χ3v) is 2.41. The Bertz CT molecular complexity index is 375. The second kappa shape index (κ2) is 6.10. The van der Waals surface area contributed by atoms with Crippen LogP contribution in [0.4, 0.5) is 0 Å². The molecule has 0 aromatic heterocycles. The van der Waals surface area contributed by atoms with E-state index in [0.717, 1.165) is 5.56 Å². The summed E-state index contributed by atoms with van der Waals surface area (Å²) in [5.41, 5.74) is 1.39. The summed E-state index contributed by atoms with van der Waals surface area (Å²) in [6.07, 6.45) is 0.434. The molecule has 94 valence electrons. The van der Waals surface area contributed by atoms with E-state index in [2.05, 4.69) is 0 Å². The number of benzene rings is 1. The maximum absolute atomic E-state index is 10.5. The molecule has 0 aliphatic carbocycles. The van der Waals surface area contributed by atoms with Crippen LogP contribution in [0, 0.1) is 0 Å². The molecule has 1 rings (SSSR count). The quantitative estimate of drug-likeness (QED) is 0.781. The standard InChI is InChI=1S/C12H16O5/c1-16-10-6-8(3-4-11(14)15)5-9(7-13)12(10)17-2/h5-6,13H,3-4,7H2,1-2H3,(H,14,15). The molecule has 5 nitrogen and oxygen atoms in total. The third kappa shape index (κ3) is 3.35. The van der Waals surface area contributed by atoms with Crippen molar-refractivity contribution >= 4 is 5.97 Å². The van der Waals surface area contributed by atoms with E-state index in [4.69, 9.17) is 14.6 Å². The summed E-state index contributed by atoms with van der Waals surface area (Å²) in [6, 6.07) is 3.45. The van der Waals surface area contributed by atoms with E-state index in [9.17, 15) is 9.90 Å². The van der Waals surface area contributed by atoms with Crippen LogP contribution in [0.5, 0.6) is 11.5 Å². The molecule has 0 heterocycles. The lowest BCUT2D eigenvalue weighted by Crippen LogP contribution is -2.01. The number of methoxy groups -OCH3 is 2. The van der Waals surface area contributed by atoms with Crippen LogP contribution in [0.2, 0.25) is 0 Å². The molecular formula is C12H16O5. The van der Waals surface area contributed by atoms with Crippen LogP contribution in [0.15, 0.2) is 12.1 Å². The van der Waals surface area contributed by atoms with Crippen LogP contribution in [0.3, 0.4) is 0 Å². The monoisotopic (exact) mass is 240 g/mol. The van der Waals surface area contributed by atoms with Gasteiger partial charge in [-0.25, -0.2) is 0 Å². The van der Waals surface area contributed by atoms with Crippen LogP contribution in [-0.2, 0) is 17.8 Å². The Kier molecular flexibility index (Phi) is 4.78. The lowest BCUT2D eigenvalue weighted by Gasteiger charge is -2.13. The van der Waals surface area contributed by atoms with Crippen molar-refractivity contribution < 1.29 is 24.5 Å². The highest BCUT2D eigenvalue weighted by molar-refractivity contribution is 5.67. The van der Waals surface area contributed by atoms with Gasteiger partial charge in [0.15, 0.2) is 11.5 Å². The zero-order chi connectivity index (χ0) is 12.8. The highest BCUT2D eigenvalue weighted by atomic mass is 16.5. The summed E-state index contributed by atoms with van der Waals surface area (Å²) >= 11 is 0. The Labute approximate surface area is 99.6 Å². The first-order valence-corrected chi connectivity index (χ1v) is 5.18. The van der Waals surface area contributed by atoms with Gasteiger partial charge in [-0.15, -0.1) is 0 Å². The summed E-state index contributed by atoms with van der Waals surface area (Å²) < 4.78 is 10.3. The maximum Gasteiger partial charge on any atom is 0.303 e. The van der Waals surface area contributed by atoms with Gasteiger partial charge in [0.2, 0.25) is 0 Å². The number of carboxylic acid groups (broad SMARTS) is 1. The number of aliphatic hydroxyl groups is 1. The van der Waals surface area contributed by atoms with Crippen molar-refractivity contribution in [1.29, 1.82) is 0 Å². The summed E-state index contributed by atoms with van der Waals surface area (Å²) in [5, 5.41) is 17.8. The second-order valence-electron chi connectivity index (χ2n) is 3.54. The number of ether oxygens (including phenoxy) is 2. The summed E-state index contributed by atoms with van der Waals surface area (Å²) in [5.74, 6) is 0.124. The van der Waals surface area contributed by atoms with Crippen molar-refractivity contribution in [1.82, 2.24) is 0 Å². The molecule has 0 unspecified atom stereocenters. The Hall–Kier alpha value is -1.75. The van der Waals surface area contributed by atoms with E-state index in [1.54, 1.807) is 12.1 Å². The minimum Gasteiger partial charge on any atom is -0.493 e. The number of aliphatic carboxylic acids is 1. The largest absolute Gasteiger partial charge is 0.493 e. The fourth-order valence-corrected chi connectivity index (χ4v) is 1.62. The van der Waals surface area contributed by atoms with Gasteiger partial charge < -0.3 is 19.7 Å². The number of rotatable bonds is 6. The SMILES string of the molecule is COc1cc(CCC(=O)O)cc(CO)c1OC. The zero-order valence-electron chi connectivity index (χ0n) is 9.90. The molecule has 2 N–H and O–H groups in total. The summed E-state index contributed by atoms with van der Waals surface area (Å²) in [6.45, 7) is -0.180. The molecule has 17 heavy (non-hydrogen) atoms. The van der Waals surface area contributed by atoms with Gasteiger partial charge in [-0.3, -0.25) is 4.79 Å². The first-order chi connectivity index (χ1) is 8.12. The predicted octanol–water partition coefficient (Wildman–Crippen LogP) is 1.21. The number of aryl methyl sites for hydroxylation is 1. The first kappa shape index (κ1) is 13.3. The fourth-order valence-electron chi connectivity index (χ4n) is 1.62. The molecule has 0 aliphatic rings. The molecular weight excluding hydrogens is 224 g/mol. The van der Waals surface area contributed by atoms with Gasteiger partial charge in [-0.05, 0) is 24.1 Å². The first-order valence-electron chi connectivity index (χ1n) is 5.18. The van der Waals surface area contributed by atoms with Gasteiger partial charge in [-0.2, -0.15) is 0 Å². The van der Waals surface area contributed by atoms with E-state index in [1.807, 2.05) is 0 Å². The average Bonchev–Trinajstić information content (AvgIpc) is 2.34. The second-order valence-corrected chi connectivity index (χ2v) is 3.54. The topological polar surface area (TPSA) is 76.0 Å². The lowest BCUT2D eigenvalue weighted by atomic mass is 10.0. The minimum atomic E-state index is -0.856.